The number of nitrogens with zero attached hydrogens (tertiary/aromatic N) is 2. The fourth-order valence-corrected chi connectivity index (χ4v) is 2.63. The predicted octanol–water partition coefficient (Wildman–Crippen LogP) is 1.95. The summed E-state index contributed by atoms with van der Waals surface area (Å²) in [5.74, 6) is -0.0293. The molecular weight excluding hydrogens is 240 g/mol. The molecule has 0 unspecified atom stereocenters. The van der Waals surface area contributed by atoms with Crippen molar-refractivity contribution in [2.45, 2.75) is 25.8 Å². The Kier molecular flexibility index (Phi) is 4.43. The Bertz CT molecular complexity index is 440. The van der Waals surface area contributed by atoms with Gasteiger partial charge in [-0.05, 0) is 31.5 Å². The van der Waals surface area contributed by atoms with Crippen LogP contribution >= 0.6 is 0 Å². The molecule has 0 atom stereocenters. The van der Waals surface area contributed by atoms with Gasteiger partial charge in [0.15, 0.2) is 0 Å². The van der Waals surface area contributed by atoms with Crippen molar-refractivity contribution in [1.82, 2.24) is 9.80 Å². The molecule has 1 aromatic carbocycles. The van der Waals surface area contributed by atoms with Crippen LogP contribution in [-0.2, 0) is 0 Å². The molecule has 0 radical (unpaired) electrons. The highest BCUT2D eigenvalue weighted by atomic mass is 16.3. The molecule has 4 nitrogen and oxygen atoms in total. The number of phenols is 1. The fourth-order valence-electron chi connectivity index (χ4n) is 2.63. The molecule has 0 bridgehead atoms. The van der Waals surface area contributed by atoms with Gasteiger partial charge in [-0.2, -0.15) is 0 Å². The van der Waals surface area contributed by atoms with E-state index >= 15 is 0 Å². The van der Waals surface area contributed by atoms with Gasteiger partial charge >= 0.3 is 0 Å². The summed E-state index contributed by atoms with van der Waals surface area (Å²) in [6.45, 7) is 5.32. The number of para-hydroxylation sites is 1. The largest absolute Gasteiger partial charge is 0.507 e. The van der Waals surface area contributed by atoms with Crippen LogP contribution in [0.25, 0.3) is 0 Å². The van der Waals surface area contributed by atoms with Crippen LogP contribution < -0.4 is 0 Å². The molecule has 4 heteroatoms. The maximum absolute atomic E-state index is 12.4. The summed E-state index contributed by atoms with van der Waals surface area (Å²) in [7, 11) is 1.83. The van der Waals surface area contributed by atoms with Crippen molar-refractivity contribution in [2.75, 3.05) is 26.7 Å². The maximum atomic E-state index is 12.4. The van der Waals surface area contributed by atoms with Crippen molar-refractivity contribution in [2.24, 2.45) is 0 Å². The fraction of sp³-hybridized carbons (Fsp3) is 0.533. The van der Waals surface area contributed by atoms with Gasteiger partial charge in [-0.15, -0.1) is 0 Å². The molecule has 104 valence electrons. The molecular formula is C15H22N2O2. The Balaban J connectivity index is 2.02. The lowest BCUT2D eigenvalue weighted by Crippen LogP contribution is -2.45. The molecule has 0 aliphatic carbocycles. The summed E-state index contributed by atoms with van der Waals surface area (Å²) in [4.78, 5) is 16.5. The first kappa shape index (κ1) is 13.9. The molecule has 0 spiro atoms. The normalized spacial score (nSPS) is 17.4. The van der Waals surface area contributed by atoms with Crippen molar-refractivity contribution in [3.05, 3.63) is 29.8 Å². The van der Waals surface area contributed by atoms with Crippen LogP contribution in [0.3, 0.4) is 0 Å². The minimum atomic E-state index is -0.0898. The predicted molar refractivity (Wildman–Crippen MR) is 75.3 cm³/mol. The third-order valence-corrected chi connectivity index (χ3v) is 4.01. The Labute approximate surface area is 114 Å². The Morgan fingerprint density at radius 1 is 1.37 bits per heavy atom. The van der Waals surface area contributed by atoms with Crippen LogP contribution in [0.5, 0.6) is 5.75 Å². The van der Waals surface area contributed by atoms with E-state index in [0.29, 0.717) is 5.56 Å². The van der Waals surface area contributed by atoms with E-state index in [1.54, 1.807) is 29.2 Å². The molecule has 1 fully saturated rings. The van der Waals surface area contributed by atoms with Gasteiger partial charge in [-0.1, -0.05) is 19.1 Å². The van der Waals surface area contributed by atoms with E-state index in [4.69, 9.17) is 0 Å². The second-order valence-electron chi connectivity index (χ2n) is 5.10. The van der Waals surface area contributed by atoms with Gasteiger partial charge in [0.25, 0.3) is 5.91 Å². The number of hydrogen-bond donors (Lipinski definition) is 1. The third-order valence-electron chi connectivity index (χ3n) is 4.01. The molecule has 1 aliphatic heterocycles. The van der Waals surface area contributed by atoms with Gasteiger partial charge in [0.2, 0.25) is 0 Å². The molecule has 2 rings (SSSR count). The van der Waals surface area contributed by atoms with Crippen LogP contribution in [-0.4, -0.2) is 53.5 Å². The number of carbonyl (C=O) groups is 1. The minimum absolute atomic E-state index is 0.0605. The Hall–Kier alpha value is -1.55. The van der Waals surface area contributed by atoms with E-state index in [0.717, 1.165) is 32.5 Å². The number of phenolic OH excluding ortho intramolecular Hbond substituents is 1. The summed E-state index contributed by atoms with van der Waals surface area (Å²) in [5.41, 5.74) is 0.392. The molecule has 1 N–H and O–H groups in total. The molecule has 1 amide bonds. The van der Waals surface area contributed by atoms with Crippen molar-refractivity contribution in [3.63, 3.8) is 0 Å². The lowest BCUT2D eigenvalue weighted by Gasteiger charge is -2.36. The second-order valence-corrected chi connectivity index (χ2v) is 5.10. The highest BCUT2D eigenvalue weighted by Crippen LogP contribution is 2.21. The Morgan fingerprint density at radius 3 is 2.58 bits per heavy atom. The van der Waals surface area contributed by atoms with Gasteiger partial charge < -0.3 is 14.9 Å². The standard InChI is InChI=1S/C15H22N2O2/c1-3-17-10-8-12(9-11-17)16(2)15(19)13-6-4-5-7-14(13)18/h4-7,12,18H,3,8-11H2,1-2H3. The number of hydrogen-bond acceptors (Lipinski definition) is 3. The van der Waals surface area contributed by atoms with E-state index in [1.807, 2.05) is 7.05 Å². The van der Waals surface area contributed by atoms with Gasteiger partial charge in [-0.3, -0.25) is 4.79 Å². The van der Waals surface area contributed by atoms with Crippen LogP contribution in [0.1, 0.15) is 30.1 Å². The van der Waals surface area contributed by atoms with Crippen molar-refractivity contribution in [3.8, 4) is 5.75 Å². The van der Waals surface area contributed by atoms with Crippen LogP contribution in [0.15, 0.2) is 24.3 Å². The number of carbonyl (C=O) groups excluding carboxylic acids is 1. The highest BCUT2D eigenvalue weighted by molar-refractivity contribution is 5.96. The molecule has 0 aromatic heterocycles. The monoisotopic (exact) mass is 262 g/mol. The highest BCUT2D eigenvalue weighted by Gasteiger charge is 2.26. The Morgan fingerprint density at radius 2 is 2.00 bits per heavy atom. The summed E-state index contributed by atoms with van der Waals surface area (Å²) < 4.78 is 0. The van der Waals surface area contributed by atoms with Crippen LogP contribution in [0.4, 0.5) is 0 Å². The van der Waals surface area contributed by atoms with Gasteiger partial charge in [-0.25, -0.2) is 0 Å². The lowest BCUT2D eigenvalue weighted by atomic mass is 10.0. The smallest absolute Gasteiger partial charge is 0.257 e. The molecule has 1 aromatic rings. The van der Waals surface area contributed by atoms with Crippen molar-refractivity contribution < 1.29 is 9.90 Å². The zero-order chi connectivity index (χ0) is 13.8. The molecule has 0 saturated carbocycles. The molecule has 1 heterocycles. The summed E-state index contributed by atoms with van der Waals surface area (Å²) >= 11 is 0. The molecule has 19 heavy (non-hydrogen) atoms. The van der Waals surface area contributed by atoms with E-state index in [-0.39, 0.29) is 17.7 Å². The minimum Gasteiger partial charge on any atom is -0.507 e. The van der Waals surface area contributed by atoms with E-state index in [2.05, 4.69) is 11.8 Å². The summed E-state index contributed by atoms with van der Waals surface area (Å²) in [6, 6.07) is 7.01. The van der Waals surface area contributed by atoms with E-state index < -0.39 is 0 Å². The third kappa shape index (κ3) is 3.07. The van der Waals surface area contributed by atoms with Crippen molar-refractivity contribution >= 4 is 5.91 Å². The van der Waals surface area contributed by atoms with Gasteiger partial charge in [0.1, 0.15) is 5.75 Å². The zero-order valence-corrected chi connectivity index (χ0v) is 11.7. The first-order valence-corrected chi connectivity index (χ1v) is 6.91. The van der Waals surface area contributed by atoms with Gasteiger partial charge in [0.05, 0.1) is 5.56 Å². The van der Waals surface area contributed by atoms with Gasteiger partial charge in [0, 0.05) is 26.2 Å². The van der Waals surface area contributed by atoms with E-state index in [9.17, 15) is 9.90 Å². The number of benzene rings is 1. The van der Waals surface area contributed by atoms with Crippen LogP contribution in [0.2, 0.25) is 0 Å². The van der Waals surface area contributed by atoms with E-state index in [1.165, 1.54) is 0 Å². The topological polar surface area (TPSA) is 43.8 Å². The lowest BCUT2D eigenvalue weighted by molar-refractivity contribution is 0.0644. The summed E-state index contributed by atoms with van der Waals surface area (Å²) in [5, 5.41) is 9.75. The number of likely N-dealkylation sites (tertiary alicyclic amines) is 1. The SMILES string of the molecule is CCN1CCC(N(C)C(=O)c2ccccc2O)CC1. The number of amides is 1. The van der Waals surface area contributed by atoms with Crippen molar-refractivity contribution in [1.29, 1.82) is 0 Å². The zero-order valence-electron chi connectivity index (χ0n) is 11.7. The average molecular weight is 262 g/mol. The average Bonchev–Trinajstić information content (AvgIpc) is 2.46. The second kappa shape index (κ2) is 6.06. The maximum Gasteiger partial charge on any atom is 0.257 e. The van der Waals surface area contributed by atoms with Crippen LogP contribution in [0, 0.1) is 0 Å². The number of aromatic hydroxyl groups is 1. The molecule has 1 aliphatic rings. The quantitative estimate of drug-likeness (QED) is 0.905. The first-order valence-electron chi connectivity index (χ1n) is 6.91. The number of rotatable bonds is 3. The molecule has 1 saturated heterocycles. The first-order chi connectivity index (χ1) is 9.13. The number of piperidine rings is 1. The summed E-state index contributed by atoms with van der Waals surface area (Å²) in [6.07, 6.45) is 2.01.